The Bertz CT molecular complexity index is 400. The molecule has 0 unspecified atom stereocenters. The van der Waals surface area contributed by atoms with Crippen molar-refractivity contribution in [2.75, 3.05) is 24.5 Å². The van der Waals surface area contributed by atoms with Crippen molar-refractivity contribution in [2.45, 2.75) is 0 Å². The first-order chi connectivity index (χ1) is 7.18. The molecule has 1 aromatic heterocycles. The monoisotopic (exact) mass is 290 g/mol. The van der Waals surface area contributed by atoms with Crippen molar-refractivity contribution in [2.24, 2.45) is 0 Å². The van der Waals surface area contributed by atoms with E-state index in [0.29, 0.717) is 28.5 Å². The quantitative estimate of drug-likeness (QED) is 0.779. The van der Waals surface area contributed by atoms with Crippen molar-refractivity contribution in [1.82, 2.24) is 15.3 Å². The van der Waals surface area contributed by atoms with Crippen molar-refractivity contribution < 1.29 is 4.79 Å². The molecule has 1 saturated heterocycles. The second-order valence-corrected chi connectivity index (χ2v) is 4.22. The lowest BCUT2D eigenvalue weighted by Crippen LogP contribution is -2.48. The molecule has 1 aliphatic rings. The highest BCUT2D eigenvalue weighted by molar-refractivity contribution is 9.10. The number of rotatable bonds is 1. The summed E-state index contributed by atoms with van der Waals surface area (Å²) in [5, 5.41) is 3.10. The van der Waals surface area contributed by atoms with Gasteiger partial charge < -0.3 is 10.2 Å². The molecule has 15 heavy (non-hydrogen) atoms. The number of hydrogen-bond acceptors (Lipinski definition) is 4. The molecule has 0 saturated carbocycles. The number of hydrogen-bond donors (Lipinski definition) is 1. The summed E-state index contributed by atoms with van der Waals surface area (Å²) in [6.07, 6.45) is 1.38. The molecular weight excluding hydrogens is 283 g/mol. The molecule has 0 spiro atoms. The lowest BCUT2D eigenvalue weighted by atomic mass is 10.3. The Hall–Kier alpha value is -0.880. The van der Waals surface area contributed by atoms with Gasteiger partial charge in [0.2, 0.25) is 5.91 Å². The number of anilines is 1. The van der Waals surface area contributed by atoms with Crippen LogP contribution >= 0.6 is 27.5 Å². The molecule has 5 nitrogen and oxygen atoms in total. The van der Waals surface area contributed by atoms with Gasteiger partial charge in [-0.25, -0.2) is 9.97 Å². The Balaban J connectivity index is 2.28. The Kier molecular flexibility index (Phi) is 3.06. The van der Waals surface area contributed by atoms with Crippen molar-refractivity contribution >= 4 is 39.3 Å². The summed E-state index contributed by atoms with van der Waals surface area (Å²) in [6, 6.07) is 0. The average molecular weight is 292 g/mol. The maximum absolute atomic E-state index is 11.2. The molecule has 0 radical (unpaired) electrons. The first kappa shape index (κ1) is 10.6. The van der Waals surface area contributed by atoms with E-state index >= 15 is 0 Å². The van der Waals surface area contributed by atoms with E-state index in [0.717, 1.165) is 6.54 Å². The molecule has 1 N–H and O–H groups in total. The molecular formula is C8H8BrClN4O. The van der Waals surface area contributed by atoms with Gasteiger partial charge in [-0.05, 0) is 15.9 Å². The van der Waals surface area contributed by atoms with E-state index < -0.39 is 0 Å². The predicted molar refractivity (Wildman–Crippen MR) is 60.0 cm³/mol. The fourth-order valence-electron chi connectivity index (χ4n) is 1.38. The summed E-state index contributed by atoms with van der Waals surface area (Å²) in [7, 11) is 0. The van der Waals surface area contributed by atoms with Crippen LogP contribution in [-0.2, 0) is 4.79 Å². The van der Waals surface area contributed by atoms with Crippen molar-refractivity contribution in [3.63, 3.8) is 0 Å². The highest BCUT2D eigenvalue weighted by Crippen LogP contribution is 2.28. The summed E-state index contributed by atoms with van der Waals surface area (Å²) in [5.41, 5.74) is 0. The van der Waals surface area contributed by atoms with Crippen LogP contribution in [0.1, 0.15) is 0 Å². The van der Waals surface area contributed by atoms with E-state index in [-0.39, 0.29) is 5.91 Å². The van der Waals surface area contributed by atoms with Crippen LogP contribution in [0.2, 0.25) is 5.15 Å². The van der Waals surface area contributed by atoms with Gasteiger partial charge in [0.15, 0.2) is 0 Å². The summed E-state index contributed by atoms with van der Waals surface area (Å²) in [4.78, 5) is 21.0. The Morgan fingerprint density at radius 3 is 3.07 bits per heavy atom. The van der Waals surface area contributed by atoms with Crippen molar-refractivity contribution in [1.29, 1.82) is 0 Å². The number of piperazine rings is 1. The van der Waals surface area contributed by atoms with E-state index in [1.165, 1.54) is 6.33 Å². The largest absolute Gasteiger partial charge is 0.353 e. The third-order valence-electron chi connectivity index (χ3n) is 2.07. The molecule has 1 amide bonds. The molecule has 0 atom stereocenters. The van der Waals surface area contributed by atoms with Gasteiger partial charge in [0.25, 0.3) is 0 Å². The van der Waals surface area contributed by atoms with Gasteiger partial charge in [0.1, 0.15) is 17.3 Å². The normalized spacial score (nSPS) is 16.4. The zero-order valence-electron chi connectivity index (χ0n) is 7.70. The summed E-state index contributed by atoms with van der Waals surface area (Å²) in [6.45, 7) is 1.64. The lowest BCUT2D eigenvalue weighted by molar-refractivity contribution is -0.120. The van der Waals surface area contributed by atoms with Crippen LogP contribution < -0.4 is 10.2 Å². The maximum atomic E-state index is 11.2. The number of nitrogens with one attached hydrogen (secondary N) is 1. The van der Waals surface area contributed by atoms with E-state index in [1.54, 1.807) is 0 Å². The van der Waals surface area contributed by atoms with Gasteiger partial charge in [0.05, 0.1) is 11.0 Å². The molecule has 0 aliphatic carbocycles. The standard InChI is InChI=1S/C8H8BrClN4O/c9-6-7(10)12-4-13-8(6)14-2-1-11-5(15)3-14/h4H,1-3H2,(H,11,15). The second kappa shape index (κ2) is 4.32. The lowest BCUT2D eigenvalue weighted by Gasteiger charge is -2.28. The Labute approximate surface area is 100.0 Å². The summed E-state index contributed by atoms with van der Waals surface area (Å²) < 4.78 is 0.626. The van der Waals surface area contributed by atoms with E-state index in [1.807, 2.05) is 4.90 Å². The molecule has 0 bridgehead atoms. The van der Waals surface area contributed by atoms with Crippen LogP contribution in [0.25, 0.3) is 0 Å². The molecule has 1 aromatic rings. The Morgan fingerprint density at radius 1 is 1.53 bits per heavy atom. The van der Waals surface area contributed by atoms with Crippen LogP contribution in [-0.4, -0.2) is 35.5 Å². The minimum absolute atomic E-state index is 0.0112. The number of amides is 1. The minimum atomic E-state index is -0.0112. The zero-order chi connectivity index (χ0) is 10.8. The van der Waals surface area contributed by atoms with Gasteiger partial charge in [-0.15, -0.1) is 0 Å². The number of carbonyl (C=O) groups is 1. The average Bonchev–Trinajstić information content (AvgIpc) is 2.22. The molecule has 80 valence electrons. The van der Waals surface area contributed by atoms with Crippen LogP contribution in [0.5, 0.6) is 0 Å². The van der Waals surface area contributed by atoms with Gasteiger partial charge >= 0.3 is 0 Å². The highest BCUT2D eigenvalue weighted by atomic mass is 79.9. The predicted octanol–water partition coefficient (Wildman–Crippen LogP) is 0.829. The maximum Gasteiger partial charge on any atom is 0.239 e. The number of halogens is 2. The zero-order valence-corrected chi connectivity index (χ0v) is 10.0. The Morgan fingerprint density at radius 2 is 2.33 bits per heavy atom. The highest BCUT2D eigenvalue weighted by Gasteiger charge is 2.20. The van der Waals surface area contributed by atoms with Gasteiger partial charge in [0, 0.05) is 13.1 Å². The van der Waals surface area contributed by atoms with Crippen molar-refractivity contribution in [3.8, 4) is 0 Å². The smallest absolute Gasteiger partial charge is 0.239 e. The number of carbonyl (C=O) groups excluding carboxylic acids is 1. The number of nitrogens with zero attached hydrogens (tertiary/aromatic N) is 3. The first-order valence-corrected chi connectivity index (χ1v) is 5.53. The van der Waals surface area contributed by atoms with Gasteiger partial charge in [-0.2, -0.15) is 0 Å². The SMILES string of the molecule is O=C1CN(c2ncnc(Cl)c2Br)CCN1. The second-order valence-electron chi connectivity index (χ2n) is 3.07. The van der Waals surface area contributed by atoms with Crippen LogP contribution in [0.15, 0.2) is 10.8 Å². The topological polar surface area (TPSA) is 58.1 Å². The van der Waals surface area contributed by atoms with Gasteiger partial charge in [-0.3, -0.25) is 4.79 Å². The minimum Gasteiger partial charge on any atom is -0.353 e. The molecule has 1 fully saturated rings. The summed E-state index contributed by atoms with van der Waals surface area (Å²) in [5.74, 6) is 0.646. The number of aromatic nitrogens is 2. The van der Waals surface area contributed by atoms with Gasteiger partial charge in [-0.1, -0.05) is 11.6 Å². The molecule has 0 aromatic carbocycles. The molecule has 1 aliphatic heterocycles. The van der Waals surface area contributed by atoms with E-state index in [9.17, 15) is 4.79 Å². The fourth-order valence-corrected chi connectivity index (χ4v) is 1.96. The van der Waals surface area contributed by atoms with E-state index in [4.69, 9.17) is 11.6 Å². The third-order valence-corrected chi connectivity index (χ3v) is 3.31. The van der Waals surface area contributed by atoms with Crippen LogP contribution in [0.4, 0.5) is 5.82 Å². The van der Waals surface area contributed by atoms with Crippen LogP contribution in [0, 0.1) is 0 Å². The van der Waals surface area contributed by atoms with Crippen molar-refractivity contribution in [3.05, 3.63) is 16.0 Å². The summed E-state index contributed by atoms with van der Waals surface area (Å²) >= 11 is 9.15. The van der Waals surface area contributed by atoms with E-state index in [2.05, 4.69) is 31.2 Å². The third kappa shape index (κ3) is 2.21. The molecule has 2 rings (SSSR count). The fraction of sp³-hybridized carbons (Fsp3) is 0.375. The molecule has 2 heterocycles. The first-order valence-electron chi connectivity index (χ1n) is 4.36. The molecule has 7 heteroatoms. The van der Waals surface area contributed by atoms with Crippen LogP contribution in [0.3, 0.4) is 0 Å².